The van der Waals surface area contributed by atoms with Crippen LogP contribution in [0.3, 0.4) is 0 Å². The topological polar surface area (TPSA) is 6.48 Å². The van der Waals surface area contributed by atoms with Crippen LogP contribution in [-0.2, 0) is 13.1 Å². The van der Waals surface area contributed by atoms with Gasteiger partial charge in [-0.05, 0) is 49.4 Å². The molecule has 0 N–H and O–H groups in total. The highest BCUT2D eigenvalue weighted by Gasteiger charge is 2.03. The van der Waals surface area contributed by atoms with E-state index in [0.29, 0.717) is 0 Å². The van der Waals surface area contributed by atoms with Crippen molar-refractivity contribution in [2.45, 2.75) is 26.9 Å². The van der Waals surface area contributed by atoms with Gasteiger partial charge >= 0.3 is 0 Å². The van der Waals surface area contributed by atoms with Crippen molar-refractivity contribution in [3.63, 3.8) is 0 Å². The molecule has 0 fully saturated rings. The van der Waals surface area contributed by atoms with E-state index in [1.165, 1.54) is 22.3 Å². The van der Waals surface area contributed by atoms with E-state index in [2.05, 4.69) is 86.3 Å². The minimum atomic E-state index is 0.989. The SMILES string of the molecule is CCN(CC)Cc1ccc(-c2ccc(CN(C)C)cc2)cc1. The summed E-state index contributed by atoms with van der Waals surface area (Å²) in [6.45, 7) is 8.66. The number of hydrogen-bond acceptors (Lipinski definition) is 2. The Kier molecular flexibility index (Phi) is 6.17. The van der Waals surface area contributed by atoms with E-state index in [4.69, 9.17) is 0 Å². The fraction of sp³-hybridized carbons (Fsp3) is 0.400. The van der Waals surface area contributed by atoms with Crippen LogP contribution in [0.2, 0.25) is 0 Å². The third kappa shape index (κ3) is 4.69. The van der Waals surface area contributed by atoms with Gasteiger partial charge < -0.3 is 4.90 Å². The van der Waals surface area contributed by atoms with Gasteiger partial charge in [0.1, 0.15) is 0 Å². The summed E-state index contributed by atoms with van der Waals surface area (Å²) >= 11 is 0. The average Bonchev–Trinajstić information content (AvgIpc) is 2.53. The van der Waals surface area contributed by atoms with Crippen LogP contribution >= 0.6 is 0 Å². The molecule has 0 aliphatic rings. The molecule has 0 spiro atoms. The van der Waals surface area contributed by atoms with Crippen LogP contribution < -0.4 is 0 Å². The minimum absolute atomic E-state index is 0.989. The summed E-state index contributed by atoms with van der Waals surface area (Å²) in [5.74, 6) is 0. The molecule has 0 radical (unpaired) electrons. The van der Waals surface area contributed by atoms with Gasteiger partial charge in [0.2, 0.25) is 0 Å². The zero-order chi connectivity index (χ0) is 15.9. The number of hydrogen-bond donors (Lipinski definition) is 0. The van der Waals surface area contributed by atoms with Crippen LogP contribution in [0, 0.1) is 0 Å². The molecule has 0 atom stereocenters. The van der Waals surface area contributed by atoms with E-state index in [1.807, 2.05) is 0 Å². The van der Waals surface area contributed by atoms with E-state index in [9.17, 15) is 0 Å². The summed E-state index contributed by atoms with van der Waals surface area (Å²) in [5.41, 5.74) is 5.32. The van der Waals surface area contributed by atoms with E-state index in [-0.39, 0.29) is 0 Å². The Labute approximate surface area is 135 Å². The second-order valence-corrected chi connectivity index (χ2v) is 6.09. The molecule has 2 aromatic carbocycles. The van der Waals surface area contributed by atoms with Gasteiger partial charge in [0.15, 0.2) is 0 Å². The quantitative estimate of drug-likeness (QED) is 0.753. The van der Waals surface area contributed by atoms with Gasteiger partial charge in [-0.15, -0.1) is 0 Å². The molecule has 0 saturated heterocycles. The summed E-state index contributed by atoms with van der Waals surface area (Å²) in [5, 5.41) is 0. The lowest BCUT2D eigenvalue weighted by Crippen LogP contribution is -2.21. The first-order valence-corrected chi connectivity index (χ1v) is 8.17. The van der Waals surface area contributed by atoms with Crippen molar-refractivity contribution < 1.29 is 0 Å². The molecule has 0 aliphatic heterocycles. The van der Waals surface area contributed by atoms with Crippen molar-refractivity contribution in [1.82, 2.24) is 9.80 Å². The highest BCUT2D eigenvalue weighted by Crippen LogP contribution is 2.21. The zero-order valence-electron chi connectivity index (χ0n) is 14.3. The summed E-state index contributed by atoms with van der Waals surface area (Å²) in [6.07, 6.45) is 0. The van der Waals surface area contributed by atoms with E-state index >= 15 is 0 Å². The van der Waals surface area contributed by atoms with Gasteiger partial charge in [-0.2, -0.15) is 0 Å². The molecule has 2 heteroatoms. The number of nitrogens with zero attached hydrogens (tertiary/aromatic N) is 2. The van der Waals surface area contributed by atoms with Crippen molar-refractivity contribution in [3.05, 3.63) is 59.7 Å². The first-order valence-electron chi connectivity index (χ1n) is 8.17. The fourth-order valence-corrected chi connectivity index (χ4v) is 2.68. The van der Waals surface area contributed by atoms with Crippen LogP contribution in [0.4, 0.5) is 0 Å². The van der Waals surface area contributed by atoms with Crippen molar-refractivity contribution in [3.8, 4) is 11.1 Å². The Morgan fingerprint density at radius 3 is 1.41 bits per heavy atom. The second kappa shape index (κ2) is 8.11. The normalized spacial score (nSPS) is 11.4. The maximum atomic E-state index is 2.44. The third-order valence-corrected chi connectivity index (χ3v) is 4.04. The lowest BCUT2D eigenvalue weighted by atomic mass is 10.0. The molecule has 2 aromatic rings. The molecule has 2 nitrogen and oxygen atoms in total. The van der Waals surface area contributed by atoms with E-state index in [1.54, 1.807) is 0 Å². The molecular weight excluding hydrogens is 268 g/mol. The smallest absolute Gasteiger partial charge is 0.0233 e. The molecular formula is C20H28N2. The van der Waals surface area contributed by atoms with E-state index < -0.39 is 0 Å². The van der Waals surface area contributed by atoms with E-state index in [0.717, 1.165) is 26.2 Å². The Hall–Kier alpha value is -1.64. The Morgan fingerprint density at radius 1 is 0.636 bits per heavy atom. The molecule has 0 unspecified atom stereocenters. The van der Waals surface area contributed by atoms with Gasteiger partial charge in [0.05, 0.1) is 0 Å². The molecule has 2 rings (SSSR count). The molecule has 0 aromatic heterocycles. The first-order chi connectivity index (χ1) is 10.6. The molecule has 0 aliphatic carbocycles. The Morgan fingerprint density at radius 2 is 1.05 bits per heavy atom. The van der Waals surface area contributed by atoms with Gasteiger partial charge in [-0.1, -0.05) is 62.4 Å². The van der Waals surface area contributed by atoms with Gasteiger partial charge in [-0.3, -0.25) is 4.90 Å². The van der Waals surface area contributed by atoms with Crippen molar-refractivity contribution >= 4 is 0 Å². The maximum Gasteiger partial charge on any atom is 0.0233 e. The van der Waals surface area contributed by atoms with Crippen LogP contribution in [0.25, 0.3) is 11.1 Å². The first kappa shape index (κ1) is 16.7. The van der Waals surface area contributed by atoms with Crippen molar-refractivity contribution in [2.75, 3.05) is 27.2 Å². The highest BCUT2D eigenvalue weighted by molar-refractivity contribution is 5.63. The second-order valence-electron chi connectivity index (χ2n) is 6.09. The molecule has 0 heterocycles. The largest absolute Gasteiger partial charge is 0.305 e. The maximum absolute atomic E-state index is 2.44. The molecule has 0 bridgehead atoms. The van der Waals surface area contributed by atoms with Crippen LogP contribution in [0.1, 0.15) is 25.0 Å². The third-order valence-electron chi connectivity index (χ3n) is 4.04. The lowest BCUT2D eigenvalue weighted by Gasteiger charge is -2.18. The zero-order valence-corrected chi connectivity index (χ0v) is 14.3. The molecule has 118 valence electrons. The van der Waals surface area contributed by atoms with Gasteiger partial charge in [0.25, 0.3) is 0 Å². The monoisotopic (exact) mass is 296 g/mol. The predicted octanol–water partition coefficient (Wildman–Crippen LogP) is 4.26. The van der Waals surface area contributed by atoms with Crippen molar-refractivity contribution in [1.29, 1.82) is 0 Å². The van der Waals surface area contributed by atoms with Gasteiger partial charge in [0, 0.05) is 13.1 Å². The summed E-state index contributed by atoms with van der Waals surface area (Å²) < 4.78 is 0. The lowest BCUT2D eigenvalue weighted by molar-refractivity contribution is 0.296. The standard InChI is InChI=1S/C20H28N2/c1-5-22(6-2)16-18-9-13-20(14-10-18)19-11-7-17(8-12-19)15-21(3)4/h7-14H,5-6,15-16H2,1-4H3. The van der Waals surface area contributed by atoms with Gasteiger partial charge in [-0.25, -0.2) is 0 Å². The summed E-state index contributed by atoms with van der Waals surface area (Å²) in [7, 11) is 4.20. The number of benzene rings is 2. The van der Waals surface area contributed by atoms with Crippen LogP contribution in [-0.4, -0.2) is 37.0 Å². The average molecular weight is 296 g/mol. The predicted molar refractivity (Wildman–Crippen MR) is 95.9 cm³/mol. The minimum Gasteiger partial charge on any atom is -0.305 e. The summed E-state index contributed by atoms with van der Waals surface area (Å²) in [4.78, 5) is 4.63. The molecule has 0 saturated carbocycles. The van der Waals surface area contributed by atoms with Crippen molar-refractivity contribution in [2.24, 2.45) is 0 Å². The highest BCUT2D eigenvalue weighted by atomic mass is 15.1. The summed E-state index contributed by atoms with van der Waals surface area (Å²) in [6, 6.07) is 17.9. The Balaban J connectivity index is 2.06. The van der Waals surface area contributed by atoms with Crippen LogP contribution in [0.15, 0.2) is 48.5 Å². The number of rotatable bonds is 7. The fourth-order valence-electron chi connectivity index (χ4n) is 2.68. The van der Waals surface area contributed by atoms with Crippen LogP contribution in [0.5, 0.6) is 0 Å². The molecule has 22 heavy (non-hydrogen) atoms. The molecule has 0 amide bonds. The Bertz CT molecular complexity index is 551.